The zero-order valence-corrected chi connectivity index (χ0v) is 9.65. The van der Waals surface area contributed by atoms with E-state index < -0.39 is 24.5 Å². The van der Waals surface area contributed by atoms with Crippen LogP contribution in [0.15, 0.2) is 0 Å². The first-order valence-corrected chi connectivity index (χ1v) is 4.94. The number of Topliss-reactive ketones (excluding diaryl/α,β-unsaturated/α-hetero) is 1. The second-order valence-corrected chi connectivity index (χ2v) is 3.79. The van der Waals surface area contributed by atoms with E-state index in [0.717, 1.165) is 0 Å². The fourth-order valence-electron chi connectivity index (χ4n) is 1.18. The molecule has 0 spiro atoms. The molecule has 0 bridgehead atoms. The van der Waals surface area contributed by atoms with Crippen molar-refractivity contribution in [3.63, 3.8) is 0 Å². The Hall–Kier alpha value is -1.43. The van der Waals surface area contributed by atoms with Gasteiger partial charge in [0.05, 0.1) is 6.04 Å². The van der Waals surface area contributed by atoms with E-state index in [1.54, 1.807) is 0 Å². The summed E-state index contributed by atoms with van der Waals surface area (Å²) in [6.07, 6.45) is 0. The van der Waals surface area contributed by atoms with Crippen molar-refractivity contribution >= 4 is 17.7 Å². The minimum absolute atomic E-state index is 0.0130. The molecule has 0 rings (SSSR count). The molecule has 92 valence electrons. The monoisotopic (exact) mass is 231 g/mol. The Bertz CT molecular complexity index is 274. The number of carbonyl (C=O) groups is 3. The van der Waals surface area contributed by atoms with Crippen molar-refractivity contribution in [3.05, 3.63) is 0 Å². The molecule has 0 fully saturated rings. The molecular weight excluding hydrogens is 214 g/mol. The SMILES string of the molecule is CC(=O)C(NC(=O)COCC(=O)O)C(C)C. The topological polar surface area (TPSA) is 92.7 Å². The Morgan fingerprint density at radius 2 is 1.81 bits per heavy atom. The van der Waals surface area contributed by atoms with Crippen LogP contribution in [-0.4, -0.2) is 42.0 Å². The average molecular weight is 231 g/mol. The predicted molar refractivity (Wildman–Crippen MR) is 55.9 cm³/mol. The highest BCUT2D eigenvalue weighted by Crippen LogP contribution is 2.02. The number of ketones is 1. The van der Waals surface area contributed by atoms with Crippen molar-refractivity contribution in [2.75, 3.05) is 13.2 Å². The molecule has 0 aromatic rings. The quantitative estimate of drug-likeness (QED) is 0.634. The van der Waals surface area contributed by atoms with Gasteiger partial charge in [0.15, 0.2) is 5.78 Å². The van der Waals surface area contributed by atoms with E-state index in [4.69, 9.17) is 5.11 Å². The Kier molecular flexibility index (Phi) is 6.32. The van der Waals surface area contributed by atoms with Crippen LogP contribution >= 0.6 is 0 Å². The van der Waals surface area contributed by atoms with E-state index in [0.29, 0.717) is 0 Å². The van der Waals surface area contributed by atoms with Gasteiger partial charge < -0.3 is 15.2 Å². The van der Waals surface area contributed by atoms with Crippen molar-refractivity contribution < 1.29 is 24.2 Å². The largest absolute Gasteiger partial charge is 0.480 e. The molecule has 0 aliphatic heterocycles. The summed E-state index contributed by atoms with van der Waals surface area (Å²) in [5.41, 5.74) is 0. The summed E-state index contributed by atoms with van der Waals surface area (Å²) in [5, 5.41) is 10.8. The van der Waals surface area contributed by atoms with Crippen LogP contribution in [0.4, 0.5) is 0 Å². The molecule has 0 aliphatic carbocycles. The summed E-state index contributed by atoms with van der Waals surface area (Å²) in [4.78, 5) is 32.5. The molecule has 0 radical (unpaired) electrons. The van der Waals surface area contributed by atoms with Crippen molar-refractivity contribution in [3.8, 4) is 0 Å². The molecule has 0 aromatic carbocycles. The smallest absolute Gasteiger partial charge is 0.329 e. The summed E-state index contributed by atoms with van der Waals surface area (Å²) in [5.74, 6) is -1.78. The molecule has 6 heteroatoms. The zero-order valence-electron chi connectivity index (χ0n) is 9.65. The van der Waals surface area contributed by atoms with Crippen LogP contribution in [0.25, 0.3) is 0 Å². The van der Waals surface area contributed by atoms with E-state index in [1.807, 2.05) is 13.8 Å². The van der Waals surface area contributed by atoms with Crippen molar-refractivity contribution in [1.29, 1.82) is 0 Å². The maximum Gasteiger partial charge on any atom is 0.329 e. The molecule has 1 atom stereocenters. The highest BCUT2D eigenvalue weighted by atomic mass is 16.5. The van der Waals surface area contributed by atoms with E-state index in [-0.39, 0.29) is 18.3 Å². The van der Waals surface area contributed by atoms with Crippen LogP contribution in [-0.2, 0) is 19.1 Å². The van der Waals surface area contributed by atoms with Crippen LogP contribution < -0.4 is 5.32 Å². The molecular formula is C10H17NO5. The molecule has 16 heavy (non-hydrogen) atoms. The van der Waals surface area contributed by atoms with E-state index in [9.17, 15) is 14.4 Å². The molecule has 0 heterocycles. The molecule has 0 saturated carbocycles. The number of hydrogen-bond donors (Lipinski definition) is 2. The molecule has 1 amide bonds. The van der Waals surface area contributed by atoms with Crippen LogP contribution in [0.1, 0.15) is 20.8 Å². The molecule has 0 saturated heterocycles. The minimum atomic E-state index is -1.14. The minimum Gasteiger partial charge on any atom is -0.480 e. The molecule has 0 aliphatic rings. The number of carboxylic acids is 1. The van der Waals surface area contributed by atoms with E-state index in [2.05, 4.69) is 10.1 Å². The second kappa shape index (κ2) is 6.95. The lowest BCUT2D eigenvalue weighted by Gasteiger charge is -2.19. The first-order chi connectivity index (χ1) is 7.34. The van der Waals surface area contributed by atoms with Gasteiger partial charge >= 0.3 is 5.97 Å². The first-order valence-electron chi connectivity index (χ1n) is 4.94. The average Bonchev–Trinajstić information content (AvgIpc) is 2.12. The lowest BCUT2D eigenvalue weighted by atomic mass is 10.0. The highest BCUT2D eigenvalue weighted by molar-refractivity contribution is 5.88. The van der Waals surface area contributed by atoms with Gasteiger partial charge in [-0.1, -0.05) is 13.8 Å². The fourth-order valence-corrected chi connectivity index (χ4v) is 1.18. The van der Waals surface area contributed by atoms with Crippen LogP contribution in [0.2, 0.25) is 0 Å². The van der Waals surface area contributed by atoms with Crippen LogP contribution in [0, 0.1) is 5.92 Å². The summed E-state index contributed by atoms with van der Waals surface area (Å²) in [7, 11) is 0. The number of aliphatic carboxylic acids is 1. The van der Waals surface area contributed by atoms with Crippen molar-refractivity contribution in [2.45, 2.75) is 26.8 Å². The van der Waals surface area contributed by atoms with Crippen LogP contribution in [0.5, 0.6) is 0 Å². The molecule has 1 unspecified atom stereocenters. The third-order valence-corrected chi connectivity index (χ3v) is 1.88. The van der Waals surface area contributed by atoms with E-state index >= 15 is 0 Å². The Morgan fingerprint density at radius 3 is 2.19 bits per heavy atom. The standard InChI is InChI=1S/C10H17NO5/c1-6(2)10(7(3)12)11-8(13)4-16-5-9(14)15/h6,10H,4-5H2,1-3H3,(H,11,13)(H,14,15). The van der Waals surface area contributed by atoms with Gasteiger partial charge in [-0.05, 0) is 12.8 Å². The molecule has 0 aromatic heterocycles. The zero-order chi connectivity index (χ0) is 12.7. The highest BCUT2D eigenvalue weighted by Gasteiger charge is 2.20. The first kappa shape index (κ1) is 14.6. The summed E-state index contributed by atoms with van der Waals surface area (Å²) < 4.78 is 4.59. The lowest BCUT2D eigenvalue weighted by Crippen LogP contribution is -2.44. The third kappa shape index (κ3) is 6.13. The van der Waals surface area contributed by atoms with Crippen molar-refractivity contribution in [2.24, 2.45) is 5.92 Å². The number of carbonyl (C=O) groups excluding carboxylic acids is 2. The Morgan fingerprint density at radius 1 is 1.25 bits per heavy atom. The van der Waals surface area contributed by atoms with Gasteiger partial charge in [0, 0.05) is 0 Å². The van der Waals surface area contributed by atoms with Gasteiger partial charge in [0.1, 0.15) is 13.2 Å². The van der Waals surface area contributed by atoms with Gasteiger partial charge in [-0.2, -0.15) is 0 Å². The van der Waals surface area contributed by atoms with E-state index in [1.165, 1.54) is 6.92 Å². The second-order valence-electron chi connectivity index (χ2n) is 3.79. The Balaban J connectivity index is 4.01. The maximum atomic E-state index is 11.3. The van der Waals surface area contributed by atoms with Gasteiger partial charge in [-0.15, -0.1) is 0 Å². The van der Waals surface area contributed by atoms with Gasteiger partial charge in [-0.25, -0.2) is 4.79 Å². The fraction of sp³-hybridized carbons (Fsp3) is 0.700. The summed E-state index contributed by atoms with van der Waals surface area (Å²) >= 11 is 0. The third-order valence-electron chi connectivity index (χ3n) is 1.88. The predicted octanol–water partition coefficient (Wildman–Crippen LogP) is -0.183. The number of ether oxygens (including phenoxy) is 1. The molecule has 2 N–H and O–H groups in total. The summed E-state index contributed by atoms with van der Waals surface area (Å²) in [6, 6.07) is -0.555. The normalized spacial score (nSPS) is 12.2. The Labute approximate surface area is 94.0 Å². The number of nitrogens with one attached hydrogen (secondary N) is 1. The molecule has 6 nitrogen and oxygen atoms in total. The number of carboxylic acid groups (broad SMARTS) is 1. The number of rotatable bonds is 7. The number of hydrogen-bond acceptors (Lipinski definition) is 4. The number of amides is 1. The summed E-state index contributed by atoms with van der Waals surface area (Å²) in [6.45, 7) is 4.13. The van der Waals surface area contributed by atoms with Gasteiger partial charge in [0.25, 0.3) is 0 Å². The van der Waals surface area contributed by atoms with Gasteiger partial charge in [-0.3, -0.25) is 9.59 Å². The van der Waals surface area contributed by atoms with Crippen molar-refractivity contribution in [1.82, 2.24) is 5.32 Å². The van der Waals surface area contributed by atoms with Gasteiger partial charge in [0.2, 0.25) is 5.91 Å². The maximum absolute atomic E-state index is 11.3. The lowest BCUT2D eigenvalue weighted by molar-refractivity contribution is -0.144. The van der Waals surface area contributed by atoms with Crippen LogP contribution in [0.3, 0.4) is 0 Å².